The fourth-order valence-corrected chi connectivity index (χ4v) is 7.81. The molecule has 0 bridgehead atoms. The van der Waals surface area contributed by atoms with E-state index in [-0.39, 0.29) is 6.61 Å². The minimum absolute atomic E-state index is 0.127. The van der Waals surface area contributed by atoms with Crippen LogP contribution in [0.4, 0.5) is 0 Å². The number of hydrogen-bond donors (Lipinski definition) is 1. The molecule has 0 atom stereocenters. The van der Waals surface area contributed by atoms with E-state index >= 15 is 0 Å². The van der Waals surface area contributed by atoms with Gasteiger partial charge in [-0.3, -0.25) is 0 Å². The second-order valence-corrected chi connectivity index (χ2v) is 12.8. The van der Waals surface area contributed by atoms with E-state index in [0.29, 0.717) is 6.42 Å². The lowest BCUT2D eigenvalue weighted by molar-refractivity contribution is 0.299. The zero-order valence-electron chi connectivity index (χ0n) is 26.7. The highest BCUT2D eigenvalue weighted by Crippen LogP contribution is 2.44. The molecule has 9 rings (SSSR count). The van der Waals surface area contributed by atoms with Crippen molar-refractivity contribution in [2.75, 3.05) is 6.61 Å². The van der Waals surface area contributed by atoms with Crippen LogP contribution in [0.3, 0.4) is 0 Å². The average Bonchev–Trinajstić information content (AvgIpc) is 3.53. The summed E-state index contributed by atoms with van der Waals surface area (Å²) in [7, 11) is 0. The van der Waals surface area contributed by atoms with Crippen molar-refractivity contribution in [3.8, 4) is 55.6 Å². The SMILES string of the molecule is OCCc1c(-c2ccc(-c3cccc4ccccc34)cc2)ccc2c1Cc1cc(-c3ccc(-c4cccc5ccccc45)cc3)ccc1-2. The first kappa shape index (κ1) is 28.5. The van der Waals surface area contributed by atoms with Crippen molar-refractivity contribution in [3.05, 3.63) is 180 Å². The molecule has 0 saturated carbocycles. The highest BCUT2D eigenvalue weighted by molar-refractivity contribution is 5.98. The van der Waals surface area contributed by atoms with E-state index in [9.17, 15) is 5.11 Å². The summed E-state index contributed by atoms with van der Waals surface area (Å²) in [6.45, 7) is 0.127. The molecule has 8 aromatic carbocycles. The monoisotopic (exact) mass is 614 g/mol. The maximum Gasteiger partial charge on any atom is 0.0471 e. The second-order valence-electron chi connectivity index (χ2n) is 12.8. The summed E-state index contributed by atoms with van der Waals surface area (Å²) < 4.78 is 0. The Morgan fingerprint density at radius 1 is 0.396 bits per heavy atom. The molecule has 1 nitrogen and oxygen atoms in total. The molecule has 48 heavy (non-hydrogen) atoms. The molecular weight excluding hydrogens is 581 g/mol. The lowest BCUT2D eigenvalue weighted by atomic mass is 9.89. The molecule has 8 aromatic rings. The van der Waals surface area contributed by atoms with Crippen LogP contribution < -0.4 is 0 Å². The minimum Gasteiger partial charge on any atom is -0.396 e. The van der Waals surface area contributed by atoms with Gasteiger partial charge in [0.05, 0.1) is 0 Å². The molecule has 0 amide bonds. The third-order valence-corrected chi connectivity index (χ3v) is 10.2. The first-order valence-corrected chi connectivity index (χ1v) is 16.8. The lowest BCUT2D eigenvalue weighted by Crippen LogP contribution is -2.00. The summed E-state index contributed by atoms with van der Waals surface area (Å²) in [5.41, 5.74) is 16.4. The van der Waals surface area contributed by atoms with Gasteiger partial charge >= 0.3 is 0 Å². The summed E-state index contributed by atoms with van der Waals surface area (Å²) in [6.07, 6.45) is 1.52. The first-order valence-electron chi connectivity index (χ1n) is 16.8. The van der Waals surface area contributed by atoms with Gasteiger partial charge in [0.15, 0.2) is 0 Å². The predicted octanol–water partition coefficient (Wildman–Crippen LogP) is 11.8. The molecule has 0 radical (unpaired) electrons. The summed E-state index contributed by atoms with van der Waals surface area (Å²) >= 11 is 0. The van der Waals surface area contributed by atoms with E-state index in [1.54, 1.807) is 0 Å². The van der Waals surface area contributed by atoms with Crippen LogP contribution in [0, 0.1) is 0 Å². The third kappa shape index (κ3) is 4.83. The number of hydrogen-bond acceptors (Lipinski definition) is 1. The molecular formula is C47H34O. The lowest BCUT2D eigenvalue weighted by Gasteiger charge is -2.15. The molecule has 0 saturated heterocycles. The van der Waals surface area contributed by atoms with Crippen molar-refractivity contribution in [3.63, 3.8) is 0 Å². The maximum absolute atomic E-state index is 10.2. The zero-order chi connectivity index (χ0) is 32.0. The van der Waals surface area contributed by atoms with Crippen LogP contribution in [-0.4, -0.2) is 11.7 Å². The van der Waals surface area contributed by atoms with Crippen LogP contribution >= 0.6 is 0 Å². The van der Waals surface area contributed by atoms with Gasteiger partial charge in [-0.1, -0.05) is 164 Å². The van der Waals surface area contributed by atoms with Gasteiger partial charge in [0, 0.05) is 6.61 Å². The van der Waals surface area contributed by atoms with Gasteiger partial charge in [0.25, 0.3) is 0 Å². The Kier molecular flexibility index (Phi) is 6.99. The Morgan fingerprint density at radius 3 is 1.48 bits per heavy atom. The Bertz CT molecular complexity index is 2460. The number of fused-ring (bicyclic) bond motifs is 5. The highest BCUT2D eigenvalue weighted by atomic mass is 16.2. The number of aliphatic hydroxyl groups is 1. The largest absolute Gasteiger partial charge is 0.396 e. The molecule has 0 spiro atoms. The molecule has 1 N–H and O–H groups in total. The van der Waals surface area contributed by atoms with Gasteiger partial charge in [0.2, 0.25) is 0 Å². The van der Waals surface area contributed by atoms with Crippen molar-refractivity contribution in [2.45, 2.75) is 12.8 Å². The van der Waals surface area contributed by atoms with E-state index in [1.807, 2.05) is 0 Å². The summed E-state index contributed by atoms with van der Waals surface area (Å²) in [6, 6.07) is 59.6. The second kappa shape index (κ2) is 11.8. The molecule has 228 valence electrons. The van der Waals surface area contributed by atoms with Crippen molar-refractivity contribution < 1.29 is 5.11 Å². The van der Waals surface area contributed by atoms with Crippen LogP contribution in [-0.2, 0) is 12.8 Å². The van der Waals surface area contributed by atoms with Crippen LogP contribution in [0.15, 0.2) is 164 Å². The average molecular weight is 615 g/mol. The van der Waals surface area contributed by atoms with Gasteiger partial charge in [-0.15, -0.1) is 0 Å². The van der Waals surface area contributed by atoms with E-state index in [1.165, 1.54) is 93.9 Å². The molecule has 1 aliphatic rings. The van der Waals surface area contributed by atoms with Crippen molar-refractivity contribution >= 4 is 21.5 Å². The van der Waals surface area contributed by atoms with Crippen LogP contribution in [0.2, 0.25) is 0 Å². The van der Waals surface area contributed by atoms with E-state index < -0.39 is 0 Å². The summed E-state index contributed by atoms with van der Waals surface area (Å²) in [5.74, 6) is 0. The Morgan fingerprint density at radius 2 is 0.875 bits per heavy atom. The van der Waals surface area contributed by atoms with Crippen molar-refractivity contribution in [2.24, 2.45) is 0 Å². The topological polar surface area (TPSA) is 20.2 Å². The molecule has 0 heterocycles. The van der Waals surface area contributed by atoms with Gasteiger partial charge in [-0.25, -0.2) is 0 Å². The number of aliphatic hydroxyl groups excluding tert-OH is 1. The quantitative estimate of drug-likeness (QED) is 0.198. The Hall–Kier alpha value is -5.76. The normalized spacial score (nSPS) is 11.9. The van der Waals surface area contributed by atoms with Gasteiger partial charge < -0.3 is 5.11 Å². The van der Waals surface area contributed by atoms with E-state index in [4.69, 9.17) is 0 Å². The zero-order valence-corrected chi connectivity index (χ0v) is 26.7. The highest BCUT2D eigenvalue weighted by Gasteiger charge is 2.24. The number of rotatable bonds is 6. The Balaban J connectivity index is 1.03. The maximum atomic E-state index is 10.2. The van der Waals surface area contributed by atoms with Crippen LogP contribution in [0.5, 0.6) is 0 Å². The van der Waals surface area contributed by atoms with E-state index in [0.717, 1.165) is 6.42 Å². The summed E-state index contributed by atoms with van der Waals surface area (Å²) in [4.78, 5) is 0. The van der Waals surface area contributed by atoms with Gasteiger partial charge in [-0.2, -0.15) is 0 Å². The fourth-order valence-electron chi connectivity index (χ4n) is 7.81. The molecule has 0 aromatic heterocycles. The van der Waals surface area contributed by atoms with E-state index in [2.05, 4.69) is 164 Å². The van der Waals surface area contributed by atoms with Gasteiger partial charge in [0.1, 0.15) is 0 Å². The predicted molar refractivity (Wildman–Crippen MR) is 202 cm³/mol. The number of benzene rings is 8. The molecule has 1 heteroatoms. The van der Waals surface area contributed by atoms with Crippen molar-refractivity contribution in [1.82, 2.24) is 0 Å². The minimum atomic E-state index is 0.127. The molecule has 0 aliphatic heterocycles. The molecule has 1 aliphatic carbocycles. The van der Waals surface area contributed by atoms with Crippen LogP contribution in [0.1, 0.15) is 16.7 Å². The fraction of sp³-hybridized carbons (Fsp3) is 0.0638. The molecule has 0 unspecified atom stereocenters. The van der Waals surface area contributed by atoms with Crippen molar-refractivity contribution in [1.29, 1.82) is 0 Å². The van der Waals surface area contributed by atoms with Gasteiger partial charge in [-0.05, 0) is 107 Å². The standard InChI is InChI=1S/C47H34O/c48-28-27-46-43(36-21-19-35(20-22-36)42-14-6-10-33-8-2-4-12-40(33)42)25-26-45-44-24-23-37(29-38(44)30-47(45)46)31-15-17-34(18-16-31)41-13-5-9-32-7-1-3-11-39(32)41/h1-26,29,48H,27-28,30H2. The van der Waals surface area contributed by atoms with Crippen LogP contribution in [0.25, 0.3) is 77.2 Å². The first-order chi connectivity index (χ1) is 23.7. The Labute approximate surface area is 281 Å². The summed E-state index contributed by atoms with van der Waals surface area (Å²) in [5, 5.41) is 15.3. The smallest absolute Gasteiger partial charge is 0.0471 e. The molecule has 0 fully saturated rings. The third-order valence-electron chi connectivity index (χ3n) is 10.2.